The summed E-state index contributed by atoms with van der Waals surface area (Å²) in [6, 6.07) is 12.2. The van der Waals surface area contributed by atoms with E-state index in [1.807, 2.05) is 47.8 Å². The van der Waals surface area contributed by atoms with Crippen molar-refractivity contribution in [3.63, 3.8) is 0 Å². The first-order chi connectivity index (χ1) is 14.4. The molecule has 0 aliphatic carbocycles. The summed E-state index contributed by atoms with van der Waals surface area (Å²) in [4.78, 5) is 0. The zero-order valence-corrected chi connectivity index (χ0v) is 17.3. The molecule has 4 rings (SSSR count). The minimum absolute atomic E-state index is 0.368. The first kappa shape index (κ1) is 20.8. The topological polar surface area (TPSA) is 39.1 Å². The minimum Gasteiger partial charge on any atom is -0.457 e. The second kappa shape index (κ2) is 8.73. The van der Waals surface area contributed by atoms with Gasteiger partial charge in [-0.1, -0.05) is 12.1 Å². The Morgan fingerprint density at radius 1 is 1.03 bits per heavy atom. The van der Waals surface area contributed by atoms with E-state index in [0.29, 0.717) is 18.0 Å². The molecular formula is C22H22F3N3OS. The SMILES string of the molecule is Cn1nc2c(c1CNCc1ccc(Oc3ccc(C(F)(F)F)cc3)cc1)CSCC2. The number of halogens is 3. The van der Waals surface area contributed by atoms with Crippen LogP contribution in [0.1, 0.15) is 28.1 Å². The monoisotopic (exact) mass is 433 g/mol. The predicted molar refractivity (Wildman–Crippen MR) is 112 cm³/mol. The molecule has 0 saturated carbocycles. The van der Waals surface area contributed by atoms with E-state index in [1.165, 1.54) is 29.1 Å². The van der Waals surface area contributed by atoms with Crippen molar-refractivity contribution in [3.05, 3.63) is 76.6 Å². The molecule has 0 fully saturated rings. The number of rotatable bonds is 6. The number of aromatic nitrogens is 2. The maximum Gasteiger partial charge on any atom is 0.416 e. The predicted octanol–water partition coefficient (Wildman–Crippen LogP) is 5.31. The Labute approximate surface area is 177 Å². The maximum absolute atomic E-state index is 12.6. The number of fused-ring (bicyclic) bond motifs is 1. The van der Waals surface area contributed by atoms with E-state index in [9.17, 15) is 13.2 Å². The van der Waals surface area contributed by atoms with E-state index < -0.39 is 11.7 Å². The molecule has 1 N–H and O–H groups in total. The van der Waals surface area contributed by atoms with Gasteiger partial charge >= 0.3 is 6.18 Å². The molecule has 30 heavy (non-hydrogen) atoms. The van der Waals surface area contributed by atoms with Gasteiger partial charge < -0.3 is 10.1 Å². The highest BCUT2D eigenvalue weighted by Gasteiger charge is 2.30. The summed E-state index contributed by atoms with van der Waals surface area (Å²) in [5.41, 5.74) is 4.23. The lowest BCUT2D eigenvalue weighted by Gasteiger charge is -2.12. The summed E-state index contributed by atoms with van der Waals surface area (Å²) in [5.74, 6) is 3.11. The van der Waals surface area contributed by atoms with Crippen LogP contribution in [0.3, 0.4) is 0 Å². The normalized spacial score (nSPS) is 13.9. The zero-order valence-electron chi connectivity index (χ0n) is 16.5. The summed E-state index contributed by atoms with van der Waals surface area (Å²) in [7, 11) is 1.99. The summed E-state index contributed by atoms with van der Waals surface area (Å²) in [6.07, 6.45) is -3.31. The molecule has 3 aromatic rings. The Kier molecular flexibility index (Phi) is 6.06. The number of ether oxygens (including phenoxy) is 1. The molecule has 1 aliphatic rings. The van der Waals surface area contributed by atoms with Crippen molar-refractivity contribution < 1.29 is 17.9 Å². The summed E-state index contributed by atoms with van der Waals surface area (Å²) < 4.78 is 45.5. The molecule has 0 saturated heterocycles. The van der Waals surface area contributed by atoms with Gasteiger partial charge in [-0.2, -0.15) is 30.0 Å². The van der Waals surface area contributed by atoms with Gasteiger partial charge in [0.05, 0.1) is 17.0 Å². The van der Waals surface area contributed by atoms with Crippen LogP contribution in [0.15, 0.2) is 48.5 Å². The number of thioether (sulfide) groups is 1. The summed E-state index contributed by atoms with van der Waals surface area (Å²) in [5, 5.41) is 8.10. The summed E-state index contributed by atoms with van der Waals surface area (Å²) in [6.45, 7) is 1.46. The van der Waals surface area contributed by atoms with Gasteiger partial charge in [0.2, 0.25) is 0 Å². The van der Waals surface area contributed by atoms with Gasteiger partial charge in [0, 0.05) is 37.9 Å². The van der Waals surface area contributed by atoms with Crippen LogP contribution >= 0.6 is 11.8 Å². The van der Waals surface area contributed by atoms with Crippen LogP contribution in [0.25, 0.3) is 0 Å². The number of aryl methyl sites for hydroxylation is 2. The number of hydrogen-bond acceptors (Lipinski definition) is 4. The number of hydrogen-bond donors (Lipinski definition) is 1. The largest absolute Gasteiger partial charge is 0.457 e. The lowest BCUT2D eigenvalue weighted by atomic mass is 10.1. The third-order valence-corrected chi connectivity index (χ3v) is 6.04. The second-order valence-electron chi connectivity index (χ2n) is 7.17. The number of alkyl halides is 3. The number of benzene rings is 2. The van der Waals surface area contributed by atoms with E-state index in [4.69, 9.17) is 4.74 Å². The van der Waals surface area contributed by atoms with Gasteiger partial charge in [-0.3, -0.25) is 4.68 Å². The fourth-order valence-corrected chi connectivity index (χ4v) is 4.46. The van der Waals surface area contributed by atoms with Gasteiger partial charge in [-0.15, -0.1) is 0 Å². The Morgan fingerprint density at radius 3 is 2.37 bits per heavy atom. The zero-order chi connectivity index (χ0) is 21.1. The molecule has 0 radical (unpaired) electrons. The molecule has 0 atom stereocenters. The first-order valence-corrected chi connectivity index (χ1v) is 10.8. The molecule has 8 heteroatoms. The molecule has 0 spiro atoms. The van der Waals surface area contributed by atoms with Crippen molar-refractivity contribution in [1.29, 1.82) is 0 Å². The lowest BCUT2D eigenvalue weighted by Crippen LogP contribution is -2.16. The van der Waals surface area contributed by atoms with E-state index in [2.05, 4.69) is 10.4 Å². The molecule has 2 aromatic carbocycles. The fraction of sp³-hybridized carbons (Fsp3) is 0.318. The molecule has 0 amide bonds. The van der Waals surface area contributed by atoms with Crippen LogP contribution in [0, 0.1) is 0 Å². The Bertz CT molecular complexity index is 998. The van der Waals surface area contributed by atoms with Crippen molar-refractivity contribution in [2.24, 2.45) is 7.05 Å². The second-order valence-corrected chi connectivity index (χ2v) is 8.28. The minimum atomic E-state index is -4.35. The van der Waals surface area contributed by atoms with Gasteiger partial charge in [-0.05, 0) is 47.7 Å². The van der Waals surface area contributed by atoms with E-state index in [-0.39, 0.29) is 0 Å². The molecular weight excluding hydrogens is 411 g/mol. The Morgan fingerprint density at radius 2 is 1.70 bits per heavy atom. The smallest absolute Gasteiger partial charge is 0.416 e. The molecule has 158 valence electrons. The highest BCUT2D eigenvalue weighted by molar-refractivity contribution is 7.98. The molecule has 0 unspecified atom stereocenters. The third kappa shape index (κ3) is 4.82. The van der Waals surface area contributed by atoms with Crippen molar-refractivity contribution in [2.45, 2.75) is 31.4 Å². The van der Waals surface area contributed by atoms with Crippen LogP contribution in [0.2, 0.25) is 0 Å². The third-order valence-electron chi connectivity index (χ3n) is 5.05. The summed E-state index contributed by atoms with van der Waals surface area (Å²) >= 11 is 1.95. The Hall–Kier alpha value is -2.45. The highest BCUT2D eigenvalue weighted by Crippen LogP contribution is 2.31. The molecule has 0 bridgehead atoms. The molecule has 1 aromatic heterocycles. The van der Waals surface area contributed by atoms with Gasteiger partial charge in [0.25, 0.3) is 0 Å². The Balaban J connectivity index is 1.32. The van der Waals surface area contributed by atoms with Crippen molar-refractivity contribution in [3.8, 4) is 11.5 Å². The van der Waals surface area contributed by atoms with Gasteiger partial charge in [-0.25, -0.2) is 0 Å². The van der Waals surface area contributed by atoms with Crippen molar-refractivity contribution in [2.75, 3.05) is 5.75 Å². The van der Waals surface area contributed by atoms with Crippen LogP contribution in [-0.2, 0) is 38.5 Å². The average Bonchev–Trinajstić information content (AvgIpc) is 3.04. The van der Waals surface area contributed by atoms with E-state index in [1.54, 1.807) is 0 Å². The standard InChI is InChI=1S/C22H22F3N3OS/c1-28-21(19-14-30-11-10-20(19)27-28)13-26-12-15-2-6-17(7-3-15)29-18-8-4-16(5-9-18)22(23,24)25/h2-9,26H,10-14H2,1H3. The van der Waals surface area contributed by atoms with Crippen LogP contribution in [-0.4, -0.2) is 15.5 Å². The van der Waals surface area contributed by atoms with E-state index >= 15 is 0 Å². The maximum atomic E-state index is 12.6. The van der Waals surface area contributed by atoms with Crippen LogP contribution < -0.4 is 10.1 Å². The van der Waals surface area contributed by atoms with Crippen molar-refractivity contribution >= 4 is 11.8 Å². The van der Waals surface area contributed by atoms with Gasteiger partial charge in [0.15, 0.2) is 0 Å². The molecule has 2 heterocycles. The van der Waals surface area contributed by atoms with Crippen LogP contribution in [0.4, 0.5) is 13.2 Å². The van der Waals surface area contributed by atoms with Gasteiger partial charge in [0.1, 0.15) is 11.5 Å². The van der Waals surface area contributed by atoms with Crippen LogP contribution in [0.5, 0.6) is 11.5 Å². The lowest BCUT2D eigenvalue weighted by molar-refractivity contribution is -0.137. The first-order valence-electron chi connectivity index (χ1n) is 9.66. The van der Waals surface area contributed by atoms with Crippen molar-refractivity contribution in [1.82, 2.24) is 15.1 Å². The van der Waals surface area contributed by atoms with E-state index in [0.717, 1.165) is 42.2 Å². The fourth-order valence-electron chi connectivity index (χ4n) is 3.44. The highest BCUT2D eigenvalue weighted by atomic mass is 32.2. The molecule has 4 nitrogen and oxygen atoms in total. The quantitative estimate of drug-likeness (QED) is 0.572. The number of nitrogens with one attached hydrogen (secondary N) is 1. The average molecular weight is 433 g/mol. The molecule has 1 aliphatic heterocycles. The number of nitrogens with zero attached hydrogens (tertiary/aromatic N) is 2.